The number of benzene rings is 1. The van der Waals surface area contributed by atoms with Gasteiger partial charge < -0.3 is 4.90 Å². The van der Waals surface area contributed by atoms with Crippen molar-refractivity contribution in [2.24, 2.45) is 0 Å². The van der Waals surface area contributed by atoms with Gasteiger partial charge in [-0.05, 0) is 28.1 Å². The number of carbonyl (C=O) groups excluding carboxylic acids is 1. The molecule has 1 rings (SSSR count). The Morgan fingerprint density at radius 1 is 1.30 bits per heavy atom. The number of rotatable bonds is 6. The van der Waals surface area contributed by atoms with Gasteiger partial charge in [-0.25, -0.2) is 4.72 Å². The molecule has 0 bridgehead atoms. The molecule has 0 unspecified atom stereocenters. The summed E-state index contributed by atoms with van der Waals surface area (Å²) in [7, 11) is -0.592. The molecule has 0 aliphatic heterocycles. The van der Waals surface area contributed by atoms with Crippen molar-refractivity contribution in [1.82, 2.24) is 9.03 Å². The van der Waals surface area contributed by atoms with Crippen molar-refractivity contribution in [3.05, 3.63) is 28.7 Å². The number of nitrogens with one attached hydrogen (secondary N) is 1. The smallest absolute Gasteiger partial charge is 0.278 e. The highest BCUT2D eigenvalue weighted by molar-refractivity contribution is 9.10. The van der Waals surface area contributed by atoms with Crippen molar-refractivity contribution in [1.29, 1.82) is 0 Å². The minimum Gasteiger partial charge on any atom is -0.310 e. The zero-order valence-corrected chi connectivity index (χ0v) is 14.0. The predicted octanol–water partition coefficient (Wildman–Crippen LogP) is 1.20. The van der Waals surface area contributed by atoms with Crippen molar-refractivity contribution in [2.75, 3.05) is 32.1 Å². The van der Waals surface area contributed by atoms with Crippen LogP contribution in [0.2, 0.25) is 0 Å². The Hall–Kier alpha value is -0.960. The molecule has 6 nitrogen and oxygen atoms in total. The SMILES string of the molecule is CC(=O)N(CCNS(=O)(=O)N(C)C)c1ccccc1Br. The summed E-state index contributed by atoms with van der Waals surface area (Å²) < 4.78 is 27.5. The largest absolute Gasteiger partial charge is 0.310 e. The maximum atomic E-state index is 11.7. The van der Waals surface area contributed by atoms with Gasteiger partial charge >= 0.3 is 0 Å². The Balaban J connectivity index is 2.76. The van der Waals surface area contributed by atoms with Crippen LogP contribution in [0.4, 0.5) is 5.69 Å². The van der Waals surface area contributed by atoms with Crippen LogP contribution >= 0.6 is 15.9 Å². The lowest BCUT2D eigenvalue weighted by atomic mass is 10.3. The number of halogens is 1. The number of carbonyl (C=O) groups is 1. The van der Waals surface area contributed by atoms with Crippen molar-refractivity contribution >= 4 is 37.7 Å². The van der Waals surface area contributed by atoms with E-state index in [9.17, 15) is 13.2 Å². The van der Waals surface area contributed by atoms with Crippen molar-refractivity contribution in [3.63, 3.8) is 0 Å². The summed E-state index contributed by atoms with van der Waals surface area (Å²) in [5.74, 6) is -0.152. The number of nitrogens with zero attached hydrogens (tertiary/aromatic N) is 2. The van der Waals surface area contributed by atoms with E-state index < -0.39 is 10.2 Å². The molecular formula is C12H18BrN3O3S. The molecule has 1 amide bonds. The van der Waals surface area contributed by atoms with Gasteiger partial charge in [-0.1, -0.05) is 12.1 Å². The van der Waals surface area contributed by atoms with E-state index in [1.807, 2.05) is 18.2 Å². The van der Waals surface area contributed by atoms with Crippen LogP contribution in [0.25, 0.3) is 0 Å². The number of anilines is 1. The first-order chi connectivity index (χ1) is 9.25. The van der Waals surface area contributed by atoms with Gasteiger partial charge in [0.15, 0.2) is 0 Å². The monoisotopic (exact) mass is 363 g/mol. The summed E-state index contributed by atoms with van der Waals surface area (Å²) in [6.45, 7) is 1.84. The molecular weight excluding hydrogens is 346 g/mol. The van der Waals surface area contributed by atoms with Crippen LogP contribution in [0.5, 0.6) is 0 Å². The molecule has 0 aromatic heterocycles. The molecule has 1 N–H and O–H groups in total. The normalized spacial score (nSPS) is 11.7. The quantitative estimate of drug-likeness (QED) is 0.825. The Kier molecular flexibility index (Phi) is 6.12. The van der Waals surface area contributed by atoms with E-state index in [4.69, 9.17) is 0 Å². The van der Waals surface area contributed by atoms with Gasteiger partial charge in [0.1, 0.15) is 0 Å². The number of hydrogen-bond acceptors (Lipinski definition) is 3. The van der Waals surface area contributed by atoms with E-state index in [0.717, 1.165) is 8.78 Å². The topological polar surface area (TPSA) is 69.7 Å². The van der Waals surface area contributed by atoms with Crippen LogP contribution in [0.3, 0.4) is 0 Å². The number of amides is 1. The fraction of sp³-hybridized carbons (Fsp3) is 0.417. The molecule has 0 aliphatic carbocycles. The lowest BCUT2D eigenvalue weighted by molar-refractivity contribution is -0.116. The lowest BCUT2D eigenvalue weighted by Crippen LogP contribution is -2.41. The highest BCUT2D eigenvalue weighted by atomic mass is 79.9. The van der Waals surface area contributed by atoms with Crippen molar-refractivity contribution in [2.45, 2.75) is 6.92 Å². The number of para-hydroxylation sites is 1. The molecule has 0 saturated heterocycles. The molecule has 112 valence electrons. The van der Waals surface area contributed by atoms with Gasteiger partial charge in [0.05, 0.1) is 5.69 Å². The molecule has 20 heavy (non-hydrogen) atoms. The molecule has 0 spiro atoms. The summed E-state index contributed by atoms with van der Waals surface area (Å²) in [5, 5.41) is 0. The molecule has 0 saturated carbocycles. The fourth-order valence-corrected chi connectivity index (χ4v) is 2.64. The van der Waals surface area contributed by atoms with Gasteiger partial charge in [-0.2, -0.15) is 12.7 Å². The van der Waals surface area contributed by atoms with Crippen LogP contribution in [-0.2, 0) is 15.0 Å². The van der Waals surface area contributed by atoms with E-state index in [0.29, 0.717) is 5.69 Å². The Morgan fingerprint density at radius 2 is 1.90 bits per heavy atom. The van der Waals surface area contributed by atoms with Crippen LogP contribution in [0, 0.1) is 0 Å². The van der Waals surface area contributed by atoms with E-state index in [-0.39, 0.29) is 19.0 Å². The predicted molar refractivity (Wildman–Crippen MR) is 82.8 cm³/mol. The third-order valence-electron chi connectivity index (χ3n) is 2.62. The zero-order chi connectivity index (χ0) is 15.3. The molecule has 0 atom stereocenters. The molecule has 1 aromatic carbocycles. The molecule has 1 aromatic rings. The van der Waals surface area contributed by atoms with E-state index in [1.165, 1.54) is 25.9 Å². The minimum absolute atomic E-state index is 0.140. The van der Waals surface area contributed by atoms with Crippen LogP contribution < -0.4 is 9.62 Å². The Labute approximate surface area is 128 Å². The Morgan fingerprint density at radius 3 is 2.40 bits per heavy atom. The summed E-state index contributed by atoms with van der Waals surface area (Å²) in [5.41, 5.74) is 0.712. The first-order valence-electron chi connectivity index (χ1n) is 5.95. The third-order valence-corrected chi connectivity index (χ3v) is 4.82. The second kappa shape index (κ2) is 7.16. The Bertz CT molecular complexity index is 575. The molecule has 0 aliphatic rings. The van der Waals surface area contributed by atoms with Crippen molar-refractivity contribution in [3.8, 4) is 0 Å². The molecule has 0 heterocycles. The lowest BCUT2D eigenvalue weighted by Gasteiger charge is -2.23. The highest BCUT2D eigenvalue weighted by Gasteiger charge is 2.16. The first kappa shape index (κ1) is 17.1. The van der Waals surface area contributed by atoms with E-state index >= 15 is 0 Å². The van der Waals surface area contributed by atoms with Crippen molar-refractivity contribution < 1.29 is 13.2 Å². The van der Waals surface area contributed by atoms with Gasteiger partial charge in [0.2, 0.25) is 5.91 Å². The second-order valence-corrected chi connectivity index (χ2v) is 7.13. The van der Waals surface area contributed by atoms with E-state index in [2.05, 4.69) is 20.7 Å². The maximum absolute atomic E-state index is 11.7. The average molecular weight is 364 g/mol. The molecule has 8 heteroatoms. The van der Waals surface area contributed by atoms with E-state index in [1.54, 1.807) is 6.07 Å². The van der Waals surface area contributed by atoms with Gasteiger partial charge in [0.25, 0.3) is 10.2 Å². The molecule has 0 radical (unpaired) electrons. The van der Waals surface area contributed by atoms with Crippen LogP contribution in [0.1, 0.15) is 6.92 Å². The fourth-order valence-electron chi connectivity index (χ4n) is 1.53. The van der Waals surface area contributed by atoms with Gasteiger partial charge in [-0.3, -0.25) is 4.79 Å². The summed E-state index contributed by atoms with van der Waals surface area (Å²) in [6.07, 6.45) is 0. The second-order valence-electron chi connectivity index (χ2n) is 4.30. The first-order valence-corrected chi connectivity index (χ1v) is 8.18. The third kappa shape index (κ3) is 4.55. The summed E-state index contributed by atoms with van der Waals surface area (Å²) >= 11 is 3.38. The highest BCUT2D eigenvalue weighted by Crippen LogP contribution is 2.25. The van der Waals surface area contributed by atoms with Crippen LogP contribution in [-0.4, -0.2) is 45.8 Å². The maximum Gasteiger partial charge on any atom is 0.278 e. The van der Waals surface area contributed by atoms with Gasteiger partial charge in [0, 0.05) is 38.6 Å². The average Bonchev–Trinajstić information content (AvgIpc) is 2.35. The van der Waals surface area contributed by atoms with Gasteiger partial charge in [-0.15, -0.1) is 0 Å². The van der Waals surface area contributed by atoms with Crippen LogP contribution in [0.15, 0.2) is 28.7 Å². The standard InChI is InChI=1S/C12H18BrN3O3S/c1-10(17)16(12-7-5-4-6-11(12)13)9-8-14-20(18,19)15(2)3/h4-7,14H,8-9H2,1-3H3. The summed E-state index contributed by atoms with van der Waals surface area (Å²) in [4.78, 5) is 13.2. The molecule has 0 fully saturated rings. The zero-order valence-electron chi connectivity index (χ0n) is 11.6. The minimum atomic E-state index is -3.48. The summed E-state index contributed by atoms with van der Waals surface area (Å²) in [6, 6.07) is 7.29. The number of hydrogen-bond donors (Lipinski definition) is 1.